The van der Waals surface area contributed by atoms with Gasteiger partial charge in [-0.05, 0) is 43.2 Å². The van der Waals surface area contributed by atoms with Crippen LogP contribution in [0.2, 0.25) is 0 Å². The van der Waals surface area contributed by atoms with E-state index >= 15 is 0 Å². The van der Waals surface area contributed by atoms with Crippen LogP contribution in [0.15, 0.2) is 24.3 Å². The molecule has 0 aromatic heterocycles. The zero-order chi connectivity index (χ0) is 13.8. The molecule has 3 rings (SSSR count). The third-order valence-electron chi connectivity index (χ3n) is 4.47. The molecule has 1 N–H and O–H groups in total. The molecule has 1 fully saturated rings. The normalized spacial score (nSPS) is 24.1. The summed E-state index contributed by atoms with van der Waals surface area (Å²) in [5, 5.41) is 11.1. The first-order chi connectivity index (χ1) is 9.83. The van der Waals surface area contributed by atoms with Crippen LogP contribution in [0.1, 0.15) is 50.0 Å². The molecule has 1 heterocycles. The molecular formula is C17H24O2S. The zero-order valence-corrected chi connectivity index (χ0v) is 12.8. The van der Waals surface area contributed by atoms with E-state index in [9.17, 15) is 5.11 Å². The molecule has 1 aliphatic carbocycles. The van der Waals surface area contributed by atoms with E-state index < -0.39 is 0 Å². The van der Waals surface area contributed by atoms with Crippen LogP contribution in [0, 0.1) is 0 Å². The molecule has 0 spiro atoms. The smallest absolute Gasteiger partial charge is 0.122 e. The minimum absolute atomic E-state index is 0.184. The lowest BCUT2D eigenvalue weighted by molar-refractivity contribution is 0.163. The molecule has 2 nitrogen and oxygen atoms in total. The van der Waals surface area contributed by atoms with Crippen molar-refractivity contribution in [1.82, 2.24) is 0 Å². The molecule has 1 saturated carbocycles. The van der Waals surface area contributed by atoms with Crippen LogP contribution in [0.4, 0.5) is 0 Å². The van der Waals surface area contributed by atoms with E-state index in [0.717, 1.165) is 36.2 Å². The molecule has 3 heteroatoms. The van der Waals surface area contributed by atoms with Gasteiger partial charge in [-0.2, -0.15) is 11.8 Å². The fourth-order valence-corrected chi connectivity index (χ4v) is 4.66. The molecule has 2 aliphatic rings. The highest BCUT2D eigenvalue weighted by molar-refractivity contribution is 7.99. The van der Waals surface area contributed by atoms with E-state index in [2.05, 4.69) is 12.1 Å². The summed E-state index contributed by atoms with van der Waals surface area (Å²) in [4.78, 5) is 0. The van der Waals surface area contributed by atoms with Gasteiger partial charge in [0.1, 0.15) is 5.75 Å². The van der Waals surface area contributed by atoms with Gasteiger partial charge in [-0.25, -0.2) is 0 Å². The van der Waals surface area contributed by atoms with Gasteiger partial charge in [0.2, 0.25) is 0 Å². The predicted octanol–water partition coefficient (Wildman–Crippen LogP) is 3.98. The van der Waals surface area contributed by atoms with Crippen LogP contribution < -0.4 is 4.74 Å². The minimum Gasteiger partial charge on any atom is -0.493 e. The summed E-state index contributed by atoms with van der Waals surface area (Å²) in [5.41, 5.74) is 1.28. The second kappa shape index (κ2) is 6.86. The van der Waals surface area contributed by atoms with Crippen molar-refractivity contribution in [2.75, 3.05) is 12.4 Å². The fourth-order valence-electron chi connectivity index (χ4n) is 3.36. The standard InChI is InChI=1S/C17H24O2S/c18-14(12-20-15-5-1-2-6-15)11-13-9-10-19-17-8-4-3-7-16(13)17/h3-4,7-8,13-15,18H,1-2,5-6,9-12H2. The summed E-state index contributed by atoms with van der Waals surface area (Å²) in [6.45, 7) is 0.782. The highest BCUT2D eigenvalue weighted by Crippen LogP contribution is 2.37. The first-order valence-electron chi connectivity index (χ1n) is 7.84. The van der Waals surface area contributed by atoms with Crippen molar-refractivity contribution in [2.45, 2.75) is 55.8 Å². The Bertz CT molecular complexity index is 429. The van der Waals surface area contributed by atoms with Crippen LogP contribution in [0.3, 0.4) is 0 Å². The molecule has 2 atom stereocenters. The molecule has 1 aromatic carbocycles. The lowest BCUT2D eigenvalue weighted by Gasteiger charge is -2.27. The van der Waals surface area contributed by atoms with Gasteiger partial charge in [0, 0.05) is 11.0 Å². The summed E-state index contributed by atoms with van der Waals surface area (Å²) in [6, 6.07) is 8.28. The number of benzene rings is 1. The first-order valence-corrected chi connectivity index (χ1v) is 8.89. The van der Waals surface area contributed by atoms with Gasteiger partial charge >= 0.3 is 0 Å². The second-order valence-corrected chi connectivity index (χ2v) is 7.33. The lowest BCUT2D eigenvalue weighted by Crippen LogP contribution is -2.21. The van der Waals surface area contributed by atoms with Crippen LogP contribution in [-0.2, 0) is 0 Å². The van der Waals surface area contributed by atoms with Crippen molar-refractivity contribution in [3.8, 4) is 5.75 Å². The van der Waals surface area contributed by atoms with Gasteiger partial charge in [-0.3, -0.25) is 0 Å². The van der Waals surface area contributed by atoms with E-state index in [4.69, 9.17) is 4.74 Å². The summed E-state index contributed by atoms with van der Waals surface area (Å²) in [6.07, 6.45) is 7.16. The number of hydrogen-bond acceptors (Lipinski definition) is 3. The Labute approximate surface area is 125 Å². The summed E-state index contributed by atoms with van der Waals surface area (Å²) >= 11 is 1.98. The Morgan fingerprint density at radius 1 is 1.20 bits per heavy atom. The van der Waals surface area contributed by atoms with E-state index in [1.54, 1.807) is 0 Å². The van der Waals surface area contributed by atoms with Crippen LogP contribution in [-0.4, -0.2) is 28.8 Å². The molecule has 0 amide bonds. The van der Waals surface area contributed by atoms with Gasteiger partial charge in [-0.1, -0.05) is 31.0 Å². The van der Waals surface area contributed by atoms with Gasteiger partial charge in [0.15, 0.2) is 0 Å². The van der Waals surface area contributed by atoms with Gasteiger partial charge in [0.25, 0.3) is 0 Å². The number of aliphatic hydroxyl groups excluding tert-OH is 1. The maximum Gasteiger partial charge on any atom is 0.122 e. The van der Waals surface area contributed by atoms with E-state index in [1.807, 2.05) is 23.9 Å². The second-order valence-electron chi connectivity index (χ2n) is 6.00. The monoisotopic (exact) mass is 292 g/mol. The Hall–Kier alpha value is -0.670. The number of aliphatic hydroxyl groups is 1. The number of para-hydroxylation sites is 1. The highest BCUT2D eigenvalue weighted by Gasteiger charge is 2.24. The molecule has 20 heavy (non-hydrogen) atoms. The van der Waals surface area contributed by atoms with Crippen LogP contribution in [0.25, 0.3) is 0 Å². The minimum atomic E-state index is -0.184. The van der Waals surface area contributed by atoms with Crippen molar-refractivity contribution >= 4 is 11.8 Å². The van der Waals surface area contributed by atoms with Crippen molar-refractivity contribution in [3.05, 3.63) is 29.8 Å². The summed E-state index contributed by atoms with van der Waals surface area (Å²) in [7, 11) is 0. The quantitative estimate of drug-likeness (QED) is 0.890. The third-order valence-corrected chi connectivity index (χ3v) is 5.99. The number of fused-ring (bicyclic) bond motifs is 1. The maximum absolute atomic E-state index is 10.3. The fraction of sp³-hybridized carbons (Fsp3) is 0.647. The maximum atomic E-state index is 10.3. The van der Waals surface area contributed by atoms with Gasteiger partial charge in [-0.15, -0.1) is 0 Å². The number of ether oxygens (including phenoxy) is 1. The SMILES string of the molecule is OC(CSC1CCCC1)CC1CCOc2ccccc21. The zero-order valence-electron chi connectivity index (χ0n) is 12.0. The average molecular weight is 292 g/mol. The molecule has 2 unspecified atom stereocenters. The van der Waals surface area contributed by atoms with Crippen molar-refractivity contribution in [1.29, 1.82) is 0 Å². The summed E-state index contributed by atoms with van der Waals surface area (Å²) in [5.74, 6) is 2.36. The first kappa shape index (κ1) is 14.3. The Morgan fingerprint density at radius 3 is 2.85 bits per heavy atom. The molecular weight excluding hydrogens is 268 g/mol. The van der Waals surface area contributed by atoms with Gasteiger partial charge in [0.05, 0.1) is 12.7 Å². The Morgan fingerprint density at radius 2 is 2.00 bits per heavy atom. The van der Waals surface area contributed by atoms with Crippen molar-refractivity contribution in [2.24, 2.45) is 0 Å². The Kier molecular flexibility index (Phi) is 4.90. The lowest BCUT2D eigenvalue weighted by atomic mass is 9.88. The molecule has 1 aliphatic heterocycles. The van der Waals surface area contributed by atoms with Crippen LogP contribution >= 0.6 is 11.8 Å². The third kappa shape index (κ3) is 3.50. The average Bonchev–Trinajstić information content (AvgIpc) is 2.99. The Balaban J connectivity index is 1.52. The topological polar surface area (TPSA) is 29.5 Å². The van der Waals surface area contributed by atoms with E-state index in [-0.39, 0.29) is 6.10 Å². The summed E-state index contributed by atoms with van der Waals surface area (Å²) < 4.78 is 5.69. The van der Waals surface area contributed by atoms with Gasteiger partial charge < -0.3 is 9.84 Å². The highest BCUT2D eigenvalue weighted by atomic mass is 32.2. The molecule has 0 bridgehead atoms. The molecule has 1 aromatic rings. The predicted molar refractivity (Wildman–Crippen MR) is 84.6 cm³/mol. The number of hydrogen-bond donors (Lipinski definition) is 1. The van der Waals surface area contributed by atoms with E-state index in [0.29, 0.717) is 5.92 Å². The van der Waals surface area contributed by atoms with Crippen molar-refractivity contribution in [3.63, 3.8) is 0 Å². The van der Waals surface area contributed by atoms with Crippen molar-refractivity contribution < 1.29 is 9.84 Å². The largest absolute Gasteiger partial charge is 0.493 e. The number of thioether (sulfide) groups is 1. The molecule has 110 valence electrons. The molecule has 0 radical (unpaired) electrons. The van der Waals surface area contributed by atoms with Crippen LogP contribution in [0.5, 0.6) is 5.75 Å². The van der Waals surface area contributed by atoms with E-state index in [1.165, 1.54) is 31.2 Å². The molecule has 0 saturated heterocycles. The number of rotatable bonds is 5.